The number of aromatic nitrogens is 3. The third-order valence-electron chi connectivity index (χ3n) is 5.89. The Kier molecular flexibility index (Phi) is 6.63. The summed E-state index contributed by atoms with van der Waals surface area (Å²) in [6.45, 7) is -0.0164. The summed E-state index contributed by atoms with van der Waals surface area (Å²) in [5.74, 6) is -6.79. The average Bonchev–Trinajstić information content (AvgIpc) is 3.22. The number of nitrogens with zero attached hydrogens (tertiary/aromatic N) is 3. The topological polar surface area (TPSA) is 106 Å². The zero-order chi connectivity index (χ0) is 26.3. The van der Waals surface area contributed by atoms with Crippen molar-refractivity contribution in [2.45, 2.75) is 24.9 Å². The van der Waals surface area contributed by atoms with Gasteiger partial charge in [-0.2, -0.15) is 4.98 Å². The highest BCUT2D eigenvalue weighted by Crippen LogP contribution is 2.40. The maximum Gasteiger partial charge on any atom is 0.297 e. The highest BCUT2D eigenvalue weighted by molar-refractivity contribution is 6.34. The highest BCUT2D eigenvalue weighted by Gasteiger charge is 2.52. The maximum absolute atomic E-state index is 15.4. The van der Waals surface area contributed by atoms with Crippen LogP contribution in [0.4, 0.5) is 23.5 Å². The molecule has 0 spiro atoms. The molecule has 7 nitrogen and oxygen atoms in total. The number of rotatable bonds is 7. The summed E-state index contributed by atoms with van der Waals surface area (Å²) in [6, 6.07) is 9.54. The molecule has 2 aromatic carbocycles. The monoisotopic (exact) mass is 521 g/mol. The number of halogens is 5. The van der Waals surface area contributed by atoms with Gasteiger partial charge in [0.2, 0.25) is 5.95 Å². The molecule has 0 saturated carbocycles. The Morgan fingerprint density at radius 3 is 2.53 bits per heavy atom. The molecule has 4 N–H and O–H groups in total. The van der Waals surface area contributed by atoms with Crippen molar-refractivity contribution in [3.63, 3.8) is 0 Å². The lowest BCUT2D eigenvalue weighted by Gasteiger charge is -2.35. The molecule has 0 bridgehead atoms. The van der Waals surface area contributed by atoms with Crippen molar-refractivity contribution in [2.75, 3.05) is 12.3 Å². The quantitative estimate of drug-likeness (QED) is 0.309. The van der Waals surface area contributed by atoms with E-state index in [1.807, 2.05) is 5.32 Å². The molecule has 188 valence electrons. The smallest absolute Gasteiger partial charge is 0.297 e. The van der Waals surface area contributed by atoms with Crippen molar-refractivity contribution in [3.8, 4) is 11.1 Å². The van der Waals surface area contributed by atoms with Crippen LogP contribution >= 0.6 is 11.6 Å². The van der Waals surface area contributed by atoms with Gasteiger partial charge in [-0.25, -0.2) is 22.1 Å². The van der Waals surface area contributed by atoms with E-state index < -0.39 is 47.6 Å². The summed E-state index contributed by atoms with van der Waals surface area (Å²) < 4.78 is 60.3. The summed E-state index contributed by atoms with van der Waals surface area (Å²) in [5.41, 5.74) is 2.58. The number of carbonyl (C=O) groups excluding carboxylic acids is 1. The van der Waals surface area contributed by atoms with Crippen LogP contribution in [0.1, 0.15) is 29.3 Å². The summed E-state index contributed by atoms with van der Waals surface area (Å²) >= 11 is 6.04. The molecule has 1 atom stereocenters. The van der Waals surface area contributed by atoms with E-state index in [-0.39, 0.29) is 22.1 Å². The Morgan fingerprint density at radius 1 is 1.17 bits per heavy atom. The van der Waals surface area contributed by atoms with Gasteiger partial charge in [-0.1, -0.05) is 30.7 Å². The van der Waals surface area contributed by atoms with Gasteiger partial charge in [0.15, 0.2) is 11.2 Å². The zero-order valence-corrected chi connectivity index (χ0v) is 19.5. The number of pyridine rings is 1. The highest BCUT2D eigenvalue weighted by atomic mass is 35.5. The third kappa shape index (κ3) is 4.47. The average molecular weight is 522 g/mol. The molecule has 2 heterocycles. The number of amides is 1. The first-order valence-electron chi connectivity index (χ1n) is 10.7. The molecule has 0 aliphatic rings. The van der Waals surface area contributed by atoms with E-state index in [1.54, 1.807) is 0 Å². The number of nitrogens with two attached hydrogens (primary N) is 1. The van der Waals surface area contributed by atoms with Crippen LogP contribution in [0, 0.1) is 11.6 Å². The number of benzene rings is 2. The van der Waals surface area contributed by atoms with Gasteiger partial charge < -0.3 is 16.2 Å². The van der Waals surface area contributed by atoms with Crippen molar-refractivity contribution < 1.29 is 27.5 Å². The molecule has 1 unspecified atom stereocenters. The first-order valence-corrected chi connectivity index (χ1v) is 11.1. The molecular formula is C24H20ClF4N5O2. The third-order valence-corrected chi connectivity index (χ3v) is 6.21. The van der Waals surface area contributed by atoms with E-state index in [0.717, 1.165) is 24.3 Å². The molecule has 0 aliphatic carbocycles. The molecule has 4 rings (SSSR count). The first-order chi connectivity index (χ1) is 17.0. The number of nitrogen functional groups attached to an aromatic ring is 1. The predicted octanol–water partition coefficient (Wildman–Crippen LogP) is 4.57. The Hall–Kier alpha value is -3.70. The van der Waals surface area contributed by atoms with Crippen molar-refractivity contribution in [1.29, 1.82) is 0 Å². The van der Waals surface area contributed by atoms with Crippen molar-refractivity contribution in [3.05, 3.63) is 82.5 Å². The molecule has 0 saturated heterocycles. The standard InChI is InChI=1S/C24H20ClF4N5O2/c1-2-23(36,14-3-5-15(26)6-4-14)24(28,29)12-31-21(35)19-17(25)8-7-16(20(19)27)13-9-10-34-18(11-13)32-22(30)33-34/h3-11,36H,2,12H2,1H3,(H2,30,33)(H,31,35). The van der Waals surface area contributed by atoms with Gasteiger partial charge in [-0.3, -0.25) is 4.79 Å². The summed E-state index contributed by atoms with van der Waals surface area (Å²) in [5, 5.41) is 16.3. The SMILES string of the molecule is CCC(O)(c1ccc(F)cc1)C(F)(F)CNC(=O)c1c(Cl)ccc(-c2ccn3nc(N)nc3c2)c1F. The van der Waals surface area contributed by atoms with E-state index in [1.165, 1.54) is 41.9 Å². The number of nitrogens with one attached hydrogen (secondary N) is 1. The fourth-order valence-corrected chi connectivity index (χ4v) is 4.11. The fraction of sp³-hybridized carbons (Fsp3) is 0.208. The van der Waals surface area contributed by atoms with E-state index in [2.05, 4.69) is 10.1 Å². The van der Waals surface area contributed by atoms with Crippen LogP contribution in [0.25, 0.3) is 16.8 Å². The van der Waals surface area contributed by atoms with Gasteiger partial charge >= 0.3 is 0 Å². The summed E-state index contributed by atoms with van der Waals surface area (Å²) in [6.07, 6.45) is 1.05. The molecule has 0 fully saturated rings. The van der Waals surface area contributed by atoms with Crippen LogP contribution in [0.5, 0.6) is 0 Å². The Labute approximate surface area is 207 Å². The van der Waals surface area contributed by atoms with Crippen LogP contribution in [-0.2, 0) is 5.60 Å². The number of carbonyl (C=O) groups is 1. The molecule has 4 aromatic rings. The Bertz CT molecular complexity index is 1440. The molecule has 12 heteroatoms. The number of alkyl halides is 2. The molecule has 2 aromatic heterocycles. The Morgan fingerprint density at radius 2 is 1.86 bits per heavy atom. The molecule has 36 heavy (non-hydrogen) atoms. The van der Waals surface area contributed by atoms with Crippen LogP contribution in [-0.4, -0.2) is 38.1 Å². The van der Waals surface area contributed by atoms with E-state index in [4.69, 9.17) is 17.3 Å². The number of hydrogen-bond acceptors (Lipinski definition) is 5. The minimum atomic E-state index is -3.89. The second kappa shape index (κ2) is 9.40. The summed E-state index contributed by atoms with van der Waals surface area (Å²) in [4.78, 5) is 16.8. The molecule has 0 aliphatic heterocycles. The van der Waals surface area contributed by atoms with Crippen LogP contribution < -0.4 is 11.1 Å². The van der Waals surface area contributed by atoms with Gasteiger partial charge in [0.25, 0.3) is 11.8 Å². The number of fused-ring (bicyclic) bond motifs is 1. The lowest BCUT2D eigenvalue weighted by Crippen LogP contribution is -2.52. The second-order valence-corrected chi connectivity index (χ2v) is 8.49. The normalized spacial score (nSPS) is 13.5. The minimum absolute atomic E-state index is 0.0115. The van der Waals surface area contributed by atoms with Crippen LogP contribution in [0.2, 0.25) is 5.02 Å². The van der Waals surface area contributed by atoms with Gasteiger partial charge in [-0.15, -0.1) is 5.10 Å². The summed E-state index contributed by atoms with van der Waals surface area (Å²) in [7, 11) is 0. The first kappa shape index (κ1) is 25.4. The number of hydrogen-bond donors (Lipinski definition) is 3. The largest absolute Gasteiger partial charge is 0.379 e. The van der Waals surface area contributed by atoms with Gasteiger partial charge in [0.05, 0.1) is 17.1 Å². The van der Waals surface area contributed by atoms with Gasteiger partial charge in [0, 0.05) is 11.8 Å². The lowest BCUT2D eigenvalue weighted by atomic mass is 9.84. The van der Waals surface area contributed by atoms with Gasteiger partial charge in [0.1, 0.15) is 11.6 Å². The van der Waals surface area contributed by atoms with Crippen molar-refractivity contribution in [2.24, 2.45) is 0 Å². The van der Waals surface area contributed by atoms with E-state index in [9.17, 15) is 14.3 Å². The molecule has 0 radical (unpaired) electrons. The van der Waals surface area contributed by atoms with Crippen molar-refractivity contribution in [1.82, 2.24) is 19.9 Å². The van der Waals surface area contributed by atoms with Crippen LogP contribution in [0.15, 0.2) is 54.7 Å². The molecular weight excluding hydrogens is 502 g/mol. The number of anilines is 1. The maximum atomic E-state index is 15.4. The zero-order valence-electron chi connectivity index (χ0n) is 18.8. The predicted molar refractivity (Wildman–Crippen MR) is 126 cm³/mol. The second-order valence-electron chi connectivity index (χ2n) is 8.08. The fourth-order valence-electron chi connectivity index (χ4n) is 3.88. The van der Waals surface area contributed by atoms with E-state index >= 15 is 13.2 Å². The Balaban J connectivity index is 1.61. The lowest BCUT2D eigenvalue weighted by molar-refractivity contribution is -0.185. The van der Waals surface area contributed by atoms with Crippen molar-refractivity contribution >= 4 is 29.1 Å². The van der Waals surface area contributed by atoms with Crippen LogP contribution in [0.3, 0.4) is 0 Å². The molecule has 1 amide bonds. The minimum Gasteiger partial charge on any atom is -0.379 e. The van der Waals surface area contributed by atoms with E-state index in [0.29, 0.717) is 11.2 Å². The number of aliphatic hydroxyl groups is 1. The van der Waals surface area contributed by atoms with Gasteiger partial charge in [-0.05, 0) is 53.9 Å².